The Morgan fingerprint density at radius 1 is 0.350 bits per heavy atom. The second-order valence-electron chi connectivity index (χ2n) is 47.3. The molecule has 15 N–H and O–H groups in total. The van der Waals surface area contributed by atoms with Crippen molar-refractivity contribution in [1.29, 1.82) is 0 Å². The van der Waals surface area contributed by atoms with E-state index in [4.69, 9.17) is 40.9 Å². The fourth-order valence-electron chi connectivity index (χ4n) is 20.7. The molecule has 0 aromatic carbocycles. The average Bonchev–Trinajstić information content (AvgIpc) is 1.53. The number of primary amides is 3. The zero-order chi connectivity index (χ0) is 102. The van der Waals surface area contributed by atoms with E-state index in [1.165, 1.54) is 21.8 Å². The SMILES string of the molecule is CC(C)[C@@H](COC(=O)OCC1CC1)NC(=O)N[C@H](C(=O)N1CC2C([C@H]1C(=O)NC(CC1CCC1)C(=O)C(N)=O)C2(C)C)C(C)(C)C.CC1(C)C2CN(C(=O)[C@@H](NC(=O)N[C@H](COC(=O)OCC3CC3)C(C)(C)C)C(C)(C)C)[C@H](C(=O)NC(CC3CCC3)C(=O)C(N)=O)C21.COC(=O)OC[C@@H](NC(=O)N[C@H](C(=O)N1CC2C([C@H]1C(=O)NC(CC1CCC1)C(=O)C(N)=O)C2(C)C)C(C)(C)C)C1CCC1. The number of carbonyl (C=O) groups is 18. The molecule has 0 bridgehead atoms. The number of hydrogen-bond acceptors (Lipinski definition) is 24. The number of fused-ring (bicyclic) bond motifs is 3. The number of amides is 15. The molecule has 3 heterocycles. The Morgan fingerprint density at radius 3 is 0.912 bits per heavy atom. The fourth-order valence-corrected chi connectivity index (χ4v) is 20.7. The van der Waals surface area contributed by atoms with Crippen LogP contribution >= 0.6 is 0 Å². The Hall–Kier alpha value is -10.1. The molecule has 15 amide bonds. The van der Waals surface area contributed by atoms with E-state index in [1.807, 2.05) is 125 Å². The van der Waals surface area contributed by atoms with Crippen molar-refractivity contribution in [2.24, 2.45) is 132 Å². The summed E-state index contributed by atoms with van der Waals surface area (Å²) in [4.78, 5) is 238. The first kappa shape index (κ1) is 109. The summed E-state index contributed by atoms with van der Waals surface area (Å²) in [5, 5.41) is 25.4. The number of nitrogens with two attached hydrogens (primary N) is 3. The largest absolute Gasteiger partial charge is 0.508 e. The van der Waals surface area contributed by atoms with E-state index in [0.29, 0.717) is 63.9 Å². The maximum absolute atomic E-state index is 14.3. The molecule has 9 unspecified atom stereocenters. The van der Waals surface area contributed by atoms with E-state index in [2.05, 4.69) is 66.4 Å². The molecule has 39 heteroatoms. The number of likely N-dealkylation sites (tertiary alicyclic amines) is 3. The van der Waals surface area contributed by atoms with Crippen LogP contribution in [0.2, 0.25) is 0 Å². The number of piperidine rings is 3. The van der Waals surface area contributed by atoms with E-state index >= 15 is 0 Å². The van der Waals surface area contributed by atoms with Crippen LogP contribution in [-0.2, 0) is 86.0 Å². The monoisotopic (exact) mass is 1930 g/mol. The number of ether oxygens (including phenoxy) is 6. The fraction of sp³-hybridized carbons (Fsp3) is 0.816. The van der Waals surface area contributed by atoms with Crippen molar-refractivity contribution in [3.63, 3.8) is 0 Å². The van der Waals surface area contributed by atoms with Gasteiger partial charge < -0.3 is 108 Å². The van der Waals surface area contributed by atoms with Crippen molar-refractivity contribution in [3.05, 3.63) is 0 Å². The lowest BCUT2D eigenvalue weighted by Crippen LogP contribution is -2.62. The predicted octanol–water partition coefficient (Wildman–Crippen LogP) is 7.26. The molecule has 3 saturated heterocycles. The Labute approximate surface area is 805 Å². The average molecular weight is 1930 g/mol. The predicted molar refractivity (Wildman–Crippen MR) is 499 cm³/mol. The first-order chi connectivity index (χ1) is 63.7. The summed E-state index contributed by atoms with van der Waals surface area (Å²) in [5.74, 6) is -7.23. The third-order valence-electron chi connectivity index (χ3n) is 31.5. The van der Waals surface area contributed by atoms with E-state index in [0.717, 1.165) is 103 Å². The van der Waals surface area contributed by atoms with Gasteiger partial charge in [-0.25, -0.2) is 28.8 Å². The van der Waals surface area contributed by atoms with Gasteiger partial charge in [0.15, 0.2) is 0 Å². The molecule has 3 aliphatic heterocycles. The van der Waals surface area contributed by atoms with Crippen LogP contribution in [0.5, 0.6) is 0 Å². The lowest BCUT2D eigenvalue weighted by atomic mass is 9.80. The number of rotatable bonds is 39. The third kappa shape index (κ3) is 27.5. The van der Waals surface area contributed by atoms with Crippen molar-refractivity contribution in [2.75, 3.05) is 59.8 Å². The topological polar surface area (TPSA) is 559 Å². The molecule has 18 atom stereocenters. The summed E-state index contributed by atoms with van der Waals surface area (Å²) in [5.41, 5.74) is 12.7. The van der Waals surface area contributed by atoms with Crippen LogP contribution in [0.3, 0.4) is 0 Å². The number of ketones is 3. The van der Waals surface area contributed by atoms with Gasteiger partial charge in [-0.15, -0.1) is 0 Å². The summed E-state index contributed by atoms with van der Waals surface area (Å²) < 4.78 is 30.5. The minimum Gasteiger partial charge on any atom is -0.438 e. The molecule has 137 heavy (non-hydrogen) atoms. The van der Waals surface area contributed by atoms with Crippen LogP contribution in [-0.4, -0.2) is 254 Å². The lowest BCUT2D eigenvalue weighted by molar-refractivity contribution is -0.145. The number of Topliss-reactive ketones (excluding diaryl/α,β-unsaturated/α-hetero) is 3. The zero-order valence-electron chi connectivity index (χ0n) is 84.4. The van der Waals surface area contributed by atoms with Gasteiger partial charge in [0.1, 0.15) is 56.1 Å². The van der Waals surface area contributed by atoms with Crippen LogP contribution in [0, 0.1) is 115 Å². The molecule has 0 radical (unpaired) electrons. The van der Waals surface area contributed by atoms with Gasteiger partial charge in [-0.2, -0.15) is 0 Å². The normalized spacial score (nSPS) is 25.5. The van der Waals surface area contributed by atoms with Crippen molar-refractivity contribution in [2.45, 2.75) is 333 Å². The van der Waals surface area contributed by atoms with Crippen LogP contribution in [0.1, 0.15) is 260 Å². The molecule has 9 aliphatic carbocycles. The van der Waals surface area contributed by atoms with E-state index in [9.17, 15) is 86.3 Å². The van der Waals surface area contributed by atoms with Crippen molar-refractivity contribution in [1.82, 2.24) is 62.6 Å². The van der Waals surface area contributed by atoms with E-state index in [-0.39, 0.29) is 101 Å². The highest BCUT2D eigenvalue weighted by molar-refractivity contribution is 6.39. The Bertz CT molecular complexity index is 4480. The molecular weight excluding hydrogens is 1770 g/mol. The zero-order valence-corrected chi connectivity index (χ0v) is 84.4. The van der Waals surface area contributed by atoms with Gasteiger partial charge in [-0.05, 0) is 173 Å². The van der Waals surface area contributed by atoms with Crippen LogP contribution in [0.4, 0.5) is 28.8 Å². The molecule has 768 valence electrons. The van der Waals surface area contributed by atoms with Gasteiger partial charge in [0.2, 0.25) is 52.8 Å². The van der Waals surface area contributed by atoms with Crippen molar-refractivity contribution < 1.29 is 115 Å². The standard InChI is InChI=1S/C34H55N5O8.C33H53N5O8.C31H49N5O8/c1-32(2,3)22(17-47-31(45)46-16-19-12-13-19)37-30(44)38-26(33(4,5)6)29(43)39-15-20-23(34(20,7)8)24(39)28(42)36-21(25(40)27(35)41)14-18-10-9-11-18;1-17(2)22(16-46-31(44)45-15-19-11-12-19)36-30(43)37-26(32(3,4)5)29(42)38-14-20-23(33(20,6)7)24(38)28(41)35-21(25(39)27(34)40)13-18-9-8-10-18;1-30(2,3)24(35-28(41)34-20(17-11-8-12-17)15-44-29(42)43-6)27(40)36-14-18-21(31(18,4)5)22(36)26(39)33-19(23(37)25(32)38)13-16-9-7-10-16/h18-24,26H,9-17H2,1-8H3,(H2,35,41)(H,36,42)(H2,37,38,44);17-24,26H,8-16H2,1-7H3,(H2,34,40)(H,35,41)(H2,36,37,43);16-22,24H,7-15H2,1-6H3,(H2,32,38)(H,33,39)(H2,34,35,41)/t2*20?,21?,22-,23?,24+,26-;18?,19?,20-,21?,22+,24-/m111/s1. The highest BCUT2D eigenvalue weighted by atomic mass is 16.7. The number of nitrogens with one attached hydrogen (secondary N) is 9. The Balaban J connectivity index is 0.000000212. The number of methoxy groups -OCH3 is 1. The molecule has 9 saturated carbocycles. The van der Waals surface area contributed by atoms with Gasteiger partial charge in [-0.1, -0.05) is 203 Å². The van der Waals surface area contributed by atoms with Crippen molar-refractivity contribution in [3.8, 4) is 0 Å². The summed E-state index contributed by atoms with van der Waals surface area (Å²) >= 11 is 0. The lowest BCUT2D eigenvalue weighted by Gasteiger charge is -2.39. The molecule has 12 aliphatic rings. The van der Waals surface area contributed by atoms with Gasteiger partial charge in [0.05, 0.1) is 56.6 Å². The van der Waals surface area contributed by atoms with Gasteiger partial charge in [0.25, 0.3) is 17.7 Å². The molecule has 0 spiro atoms. The third-order valence-corrected chi connectivity index (χ3v) is 31.5. The Kier molecular flexibility index (Phi) is 34.7. The van der Waals surface area contributed by atoms with E-state index < -0.39 is 201 Å². The maximum Gasteiger partial charge on any atom is 0.508 e. The summed E-state index contributed by atoms with van der Waals surface area (Å²) in [6, 6.07) is -12.1. The summed E-state index contributed by atoms with van der Waals surface area (Å²) in [6.07, 6.45) is 14.1. The minimum absolute atomic E-state index is 0.0578. The van der Waals surface area contributed by atoms with Crippen LogP contribution in [0.15, 0.2) is 0 Å². The van der Waals surface area contributed by atoms with Crippen molar-refractivity contribution >= 4 is 107 Å². The molecule has 39 nitrogen and oxygen atoms in total. The molecule has 0 aromatic rings. The maximum atomic E-state index is 14.3. The smallest absolute Gasteiger partial charge is 0.438 e. The first-order valence-corrected chi connectivity index (χ1v) is 49.5. The van der Waals surface area contributed by atoms with Gasteiger partial charge in [-0.3, -0.25) is 57.5 Å². The molecular formula is C98H157N15O24. The molecule has 12 rings (SSSR count). The van der Waals surface area contributed by atoms with Crippen LogP contribution in [0.25, 0.3) is 0 Å². The Morgan fingerprint density at radius 2 is 0.650 bits per heavy atom. The first-order valence-electron chi connectivity index (χ1n) is 49.5. The minimum atomic E-state index is -1.10. The van der Waals surface area contributed by atoms with Gasteiger partial charge >= 0.3 is 36.6 Å². The molecule has 12 fully saturated rings. The summed E-state index contributed by atoms with van der Waals surface area (Å²) in [7, 11) is 1.21. The van der Waals surface area contributed by atoms with E-state index in [1.54, 1.807) is 0 Å². The number of urea groups is 3. The quantitative estimate of drug-likeness (QED) is 0.0164. The highest BCUT2D eigenvalue weighted by Gasteiger charge is 2.73. The number of nitrogens with zero attached hydrogens (tertiary/aromatic N) is 3. The molecule has 0 aromatic heterocycles. The van der Waals surface area contributed by atoms with Gasteiger partial charge in [0, 0.05) is 19.6 Å². The van der Waals surface area contributed by atoms with Crippen LogP contribution < -0.4 is 65.1 Å². The second-order valence-corrected chi connectivity index (χ2v) is 47.3. The number of carbonyl (C=O) groups excluding carboxylic acids is 18. The highest BCUT2D eigenvalue weighted by Crippen LogP contribution is 2.67. The number of hydrogen-bond donors (Lipinski definition) is 12. The summed E-state index contributed by atoms with van der Waals surface area (Å²) in [6.45, 7) is 39.5. The second kappa shape index (κ2) is 43.7.